The molecule has 16 heavy (non-hydrogen) atoms. The molecule has 0 saturated carbocycles. The molecule has 1 N–H and O–H groups in total. The van der Waals surface area contributed by atoms with E-state index >= 15 is 0 Å². The van der Waals surface area contributed by atoms with Gasteiger partial charge in [-0.3, -0.25) is 0 Å². The Morgan fingerprint density at radius 3 is 2.25 bits per heavy atom. The van der Waals surface area contributed by atoms with Crippen LogP contribution in [0.3, 0.4) is 0 Å². The molecule has 1 fully saturated rings. The SMILES string of the molecule is CC(C)(C)C[Si](C)(C)OCC1CCNCC1. The lowest BCUT2D eigenvalue weighted by Gasteiger charge is -2.33. The molecule has 3 heteroatoms. The average Bonchev–Trinajstić information content (AvgIpc) is 2.13. The third-order valence-corrected chi connectivity index (χ3v) is 5.98. The van der Waals surface area contributed by atoms with Crippen LogP contribution in [-0.4, -0.2) is 28.0 Å². The van der Waals surface area contributed by atoms with E-state index in [-0.39, 0.29) is 0 Å². The van der Waals surface area contributed by atoms with Crippen LogP contribution in [0.1, 0.15) is 33.6 Å². The van der Waals surface area contributed by atoms with E-state index in [1.54, 1.807) is 0 Å². The summed E-state index contributed by atoms with van der Waals surface area (Å²) in [6, 6.07) is 1.25. The maximum Gasteiger partial charge on any atom is 0.187 e. The molecule has 1 heterocycles. The highest BCUT2D eigenvalue weighted by Gasteiger charge is 2.30. The maximum absolute atomic E-state index is 6.26. The summed E-state index contributed by atoms with van der Waals surface area (Å²) >= 11 is 0. The quantitative estimate of drug-likeness (QED) is 0.765. The van der Waals surface area contributed by atoms with Crippen LogP contribution in [0.15, 0.2) is 0 Å². The van der Waals surface area contributed by atoms with Gasteiger partial charge in [-0.15, -0.1) is 0 Å². The van der Waals surface area contributed by atoms with E-state index in [1.165, 1.54) is 32.0 Å². The van der Waals surface area contributed by atoms with Gasteiger partial charge in [0.25, 0.3) is 0 Å². The molecule has 2 nitrogen and oxygen atoms in total. The van der Waals surface area contributed by atoms with Crippen LogP contribution in [0.5, 0.6) is 0 Å². The zero-order chi connectivity index (χ0) is 12.2. The molecule has 1 aliphatic rings. The third kappa shape index (κ3) is 6.02. The molecule has 0 aliphatic carbocycles. The Kier molecular flexibility index (Phi) is 5.01. The lowest BCUT2D eigenvalue weighted by molar-refractivity contribution is 0.202. The molecule has 0 unspecified atom stereocenters. The minimum Gasteiger partial charge on any atom is -0.417 e. The molecular formula is C13H29NOSi. The van der Waals surface area contributed by atoms with Gasteiger partial charge in [0, 0.05) is 6.61 Å². The molecule has 0 bridgehead atoms. The summed E-state index contributed by atoms with van der Waals surface area (Å²) in [5, 5.41) is 3.41. The third-order valence-electron chi connectivity index (χ3n) is 3.12. The first kappa shape index (κ1) is 14.2. The fraction of sp³-hybridized carbons (Fsp3) is 1.00. The predicted octanol–water partition coefficient (Wildman–Crippen LogP) is 3.25. The van der Waals surface area contributed by atoms with E-state index in [4.69, 9.17) is 4.43 Å². The van der Waals surface area contributed by atoms with Crippen molar-refractivity contribution >= 4 is 8.32 Å². The smallest absolute Gasteiger partial charge is 0.187 e. The molecule has 0 aromatic carbocycles. The van der Waals surface area contributed by atoms with Crippen LogP contribution in [-0.2, 0) is 4.43 Å². The Bertz CT molecular complexity index is 204. The first-order chi connectivity index (χ1) is 7.29. The van der Waals surface area contributed by atoms with Gasteiger partial charge in [0.05, 0.1) is 0 Å². The van der Waals surface area contributed by atoms with E-state index < -0.39 is 8.32 Å². The van der Waals surface area contributed by atoms with Crippen LogP contribution in [0.25, 0.3) is 0 Å². The lowest BCUT2D eigenvalue weighted by atomic mass is 10.00. The number of nitrogens with one attached hydrogen (secondary N) is 1. The average molecular weight is 243 g/mol. The molecule has 0 amide bonds. The fourth-order valence-corrected chi connectivity index (χ4v) is 6.06. The molecule has 1 saturated heterocycles. The highest BCUT2D eigenvalue weighted by atomic mass is 28.4. The molecule has 0 aromatic heterocycles. The van der Waals surface area contributed by atoms with Crippen molar-refractivity contribution in [2.75, 3.05) is 19.7 Å². The highest BCUT2D eigenvalue weighted by Crippen LogP contribution is 2.29. The van der Waals surface area contributed by atoms with Gasteiger partial charge in [-0.25, -0.2) is 0 Å². The largest absolute Gasteiger partial charge is 0.417 e. The van der Waals surface area contributed by atoms with E-state index in [0.717, 1.165) is 12.5 Å². The van der Waals surface area contributed by atoms with Crippen molar-refractivity contribution in [2.24, 2.45) is 11.3 Å². The van der Waals surface area contributed by atoms with E-state index in [0.29, 0.717) is 5.41 Å². The van der Waals surface area contributed by atoms with Gasteiger partial charge in [-0.05, 0) is 56.4 Å². The summed E-state index contributed by atoms with van der Waals surface area (Å²) in [5.41, 5.74) is 0.407. The number of rotatable bonds is 4. The second-order valence-electron chi connectivity index (χ2n) is 7.00. The molecule has 1 aliphatic heterocycles. The van der Waals surface area contributed by atoms with Gasteiger partial charge in [0.1, 0.15) is 0 Å². The van der Waals surface area contributed by atoms with Crippen LogP contribution in [0, 0.1) is 11.3 Å². The zero-order valence-corrected chi connectivity index (χ0v) is 12.7. The van der Waals surface area contributed by atoms with Gasteiger partial charge in [-0.2, -0.15) is 0 Å². The number of piperidine rings is 1. The zero-order valence-electron chi connectivity index (χ0n) is 11.7. The molecule has 0 radical (unpaired) electrons. The summed E-state index contributed by atoms with van der Waals surface area (Å²) in [5.74, 6) is 0.799. The minimum atomic E-state index is -1.44. The molecule has 1 rings (SSSR count). The summed E-state index contributed by atoms with van der Waals surface area (Å²) in [6.45, 7) is 15.0. The summed E-state index contributed by atoms with van der Waals surface area (Å²) < 4.78 is 6.26. The van der Waals surface area contributed by atoms with Crippen molar-refractivity contribution in [3.8, 4) is 0 Å². The normalized spacial score (nSPS) is 20.1. The monoisotopic (exact) mass is 243 g/mol. The van der Waals surface area contributed by atoms with Crippen molar-refractivity contribution in [3.63, 3.8) is 0 Å². The minimum absolute atomic E-state index is 0.407. The van der Waals surface area contributed by atoms with Crippen molar-refractivity contribution in [1.29, 1.82) is 0 Å². The van der Waals surface area contributed by atoms with Crippen LogP contribution < -0.4 is 5.32 Å². The Balaban J connectivity index is 2.29. The summed E-state index contributed by atoms with van der Waals surface area (Å²) in [7, 11) is -1.44. The van der Waals surface area contributed by atoms with Crippen molar-refractivity contribution < 1.29 is 4.43 Å². The molecular weight excluding hydrogens is 214 g/mol. The van der Waals surface area contributed by atoms with Crippen molar-refractivity contribution in [1.82, 2.24) is 5.32 Å². The summed E-state index contributed by atoms with van der Waals surface area (Å²) in [6.07, 6.45) is 2.58. The first-order valence-electron chi connectivity index (χ1n) is 6.63. The predicted molar refractivity (Wildman–Crippen MR) is 73.3 cm³/mol. The highest BCUT2D eigenvalue weighted by molar-refractivity contribution is 6.71. The lowest BCUT2D eigenvalue weighted by Crippen LogP contribution is -2.38. The first-order valence-corrected chi connectivity index (χ1v) is 9.75. The van der Waals surface area contributed by atoms with Gasteiger partial charge < -0.3 is 9.74 Å². The molecule has 0 spiro atoms. The van der Waals surface area contributed by atoms with E-state index in [1.807, 2.05) is 0 Å². The number of hydrogen-bond donors (Lipinski definition) is 1. The van der Waals surface area contributed by atoms with Crippen molar-refractivity contribution in [3.05, 3.63) is 0 Å². The second-order valence-corrected chi connectivity index (χ2v) is 11.2. The molecule has 0 aromatic rings. The van der Waals surface area contributed by atoms with Crippen LogP contribution >= 0.6 is 0 Å². The molecule has 96 valence electrons. The summed E-state index contributed by atoms with van der Waals surface area (Å²) in [4.78, 5) is 0. The van der Waals surface area contributed by atoms with Gasteiger partial charge >= 0.3 is 0 Å². The Labute approximate surface area is 102 Å². The van der Waals surface area contributed by atoms with Crippen LogP contribution in [0.4, 0.5) is 0 Å². The Morgan fingerprint density at radius 1 is 1.19 bits per heavy atom. The fourth-order valence-electron chi connectivity index (χ4n) is 2.72. The van der Waals surface area contributed by atoms with Gasteiger partial charge in [0.2, 0.25) is 0 Å². The van der Waals surface area contributed by atoms with Crippen molar-refractivity contribution in [2.45, 2.75) is 52.8 Å². The van der Waals surface area contributed by atoms with E-state index in [2.05, 4.69) is 39.2 Å². The molecule has 0 atom stereocenters. The van der Waals surface area contributed by atoms with Gasteiger partial charge in [-0.1, -0.05) is 20.8 Å². The second kappa shape index (κ2) is 5.65. The topological polar surface area (TPSA) is 21.3 Å². The standard InChI is InChI=1S/C13H29NOSi/c1-13(2,3)11-16(4,5)15-10-12-6-8-14-9-7-12/h12,14H,6-11H2,1-5H3. The number of hydrogen-bond acceptors (Lipinski definition) is 2. The van der Waals surface area contributed by atoms with Gasteiger partial charge in [0.15, 0.2) is 8.32 Å². The van der Waals surface area contributed by atoms with Crippen LogP contribution in [0.2, 0.25) is 19.1 Å². The Morgan fingerprint density at radius 2 is 1.75 bits per heavy atom. The Hall–Kier alpha value is 0.137. The van der Waals surface area contributed by atoms with E-state index in [9.17, 15) is 0 Å². The maximum atomic E-state index is 6.26.